The molecule has 2 rings (SSSR count). The van der Waals surface area contributed by atoms with Gasteiger partial charge in [-0.2, -0.15) is 0 Å². The van der Waals surface area contributed by atoms with Crippen molar-refractivity contribution in [2.75, 3.05) is 6.61 Å². The van der Waals surface area contributed by atoms with E-state index in [4.69, 9.17) is 9.25 Å². The Hall–Kier alpha value is -2.07. The maximum atomic E-state index is 11.8. The fourth-order valence-electron chi connectivity index (χ4n) is 1.77. The highest BCUT2D eigenvalue weighted by molar-refractivity contribution is 5.94. The van der Waals surface area contributed by atoms with Gasteiger partial charge in [-0.3, -0.25) is 9.63 Å². The third-order valence-corrected chi connectivity index (χ3v) is 2.80. The minimum atomic E-state index is -0.212. The van der Waals surface area contributed by atoms with E-state index in [1.54, 1.807) is 12.3 Å². The van der Waals surface area contributed by atoms with Crippen LogP contribution in [-0.4, -0.2) is 12.5 Å². The van der Waals surface area contributed by atoms with Crippen LogP contribution in [0.25, 0.3) is 0 Å². The SMILES string of the molecule is Cc1ccccc1C(=O)NOCCCc1ccco1. The molecule has 19 heavy (non-hydrogen) atoms. The highest BCUT2D eigenvalue weighted by atomic mass is 16.6. The number of benzene rings is 1. The van der Waals surface area contributed by atoms with E-state index in [0.717, 1.165) is 24.2 Å². The van der Waals surface area contributed by atoms with Gasteiger partial charge in [-0.05, 0) is 37.1 Å². The van der Waals surface area contributed by atoms with Crippen molar-refractivity contribution in [1.29, 1.82) is 0 Å². The molecular formula is C15H17NO3. The van der Waals surface area contributed by atoms with Gasteiger partial charge in [-0.25, -0.2) is 5.48 Å². The smallest absolute Gasteiger partial charge is 0.275 e. The van der Waals surface area contributed by atoms with Gasteiger partial charge in [-0.1, -0.05) is 18.2 Å². The zero-order chi connectivity index (χ0) is 13.5. The molecule has 0 saturated carbocycles. The summed E-state index contributed by atoms with van der Waals surface area (Å²) < 4.78 is 5.20. The average Bonchev–Trinajstić information content (AvgIpc) is 2.92. The number of aryl methyl sites for hydroxylation is 2. The normalized spacial score (nSPS) is 10.4. The van der Waals surface area contributed by atoms with Crippen molar-refractivity contribution in [3.05, 3.63) is 59.5 Å². The van der Waals surface area contributed by atoms with Crippen LogP contribution in [0.5, 0.6) is 0 Å². The van der Waals surface area contributed by atoms with Gasteiger partial charge in [0.25, 0.3) is 5.91 Å². The Bertz CT molecular complexity index is 520. The highest BCUT2D eigenvalue weighted by Crippen LogP contribution is 2.06. The molecule has 0 unspecified atom stereocenters. The lowest BCUT2D eigenvalue weighted by Gasteiger charge is -2.07. The van der Waals surface area contributed by atoms with Crippen molar-refractivity contribution < 1.29 is 14.0 Å². The summed E-state index contributed by atoms with van der Waals surface area (Å²) in [6.45, 7) is 2.35. The first-order valence-electron chi connectivity index (χ1n) is 6.27. The second-order valence-corrected chi connectivity index (χ2v) is 4.28. The summed E-state index contributed by atoms with van der Waals surface area (Å²) in [4.78, 5) is 17.0. The van der Waals surface area contributed by atoms with Crippen molar-refractivity contribution in [2.24, 2.45) is 0 Å². The minimum Gasteiger partial charge on any atom is -0.469 e. The molecule has 0 spiro atoms. The van der Waals surface area contributed by atoms with Crippen LogP contribution in [0.1, 0.15) is 28.1 Å². The number of carbonyl (C=O) groups is 1. The van der Waals surface area contributed by atoms with E-state index in [9.17, 15) is 4.79 Å². The molecule has 1 N–H and O–H groups in total. The number of nitrogens with one attached hydrogen (secondary N) is 1. The Morgan fingerprint density at radius 2 is 2.11 bits per heavy atom. The van der Waals surface area contributed by atoms with E-state index in [2.05, 4.69) is 5.48 Å². The first-order valence-corrected chi connectivity index (χ1v) is 6.27. The van der Waals surface area contributed by atoms with Crippen LogP contribution in [0, 0.1) is 6.92 Å². The van der Waals surface area contributed by atoms with Gasteiger partial charge >= 0.3 is 0 Å². The summed E-state index contributed by atoms with van der Waals surface area (Å²) in [5, 5.41) is 0. The van der Waals surface area contributed by atoms with Crippen LogP contribution in [0.4, 0.5) is 0 Å². The first kappa shape index (κ1) is 13.4. The van der Waals surface area contributed by atoms with Crippen LogP contribution < -0.4 is 5.48 Å². The highest BCUT2D eigenvalue weighted by Gasteiger charge is 2.07. The molecule has 0 atom stereocenters. The summed E-state index contributed by atoms with van der Waals surface area (Å²) in [6.07, 6.45) is 3.24. The van der Waals surface area contributed by atoms with Gasteiger partial charge in [0, 0.05) is 12.0 Å². The third-order valence-electron chi connectivity index (χ3n) is 2.80. The molecule has 0 aliphatic heterocycles. The number of hydrogen-bond acceptors (Lipinski definition) is 3. The van der Waals surface area contributed by atoms with Crippen molar-refractivity contribution in [3.8, 4) is 0 Å². The monoisotopic (exact) mass is 259 g/mol. The maximum Gasteiger partial charge on any atom is 0.275 e. The van der Waals surface area contributed by atoms with Crippen molar-refractivity contribution in [1.82, 2.24) is 5.48 Å². The second kappa shape index (κ2) is 6.75. The Labute approximate surface area is 112 Å². The van der Waals surface area contributed by atoms with Crippen molar-refractivity contribution in [3.63, 3.8) is 0 Å². The quantitative estimate of drug-likeness (QED) is 0.641. The second-order valence-electron chi connectivity index (χ2n) is 4.28. The van der Waals surface area contributed by atoms with Gasteiger partial charge in [0.15, 0.2) is 0 Å². The summed E-state index contributed by atoms with van der Waals surface area (Å²) in [7, 11) is 0. The molecule has 100 valence electrons. The van der Waals surface area contributed by atoms with Crippen LogP contribution in [0.15, 0.2) is 47.1 Å². The van der Waals surface area contributed by atoms with Crippen LogP contribution in [0.2, 0.25) is 0 Å². The molecule has 2 aromatic rings. The third kappa shape index (κ3) is 3.96. The molecular weight excluding hydrogens is 242 g/mol. The fraction of sp³-hybridized carbons (Fsp3) is 0.267. The van der Waals surface area contributed by atoms with Gasteiger partial charge in [0.1, 0.15) is 5.76 Å². The molecule has 1 aromatic carbocycles. The van der Waals surface area contributed by atoms with Gasteiger partial charge in [0.05, 0.1) is 12.9 Å². The molecule has 0 aliphatic carbocycles. The van der Waals surface area contributed by atoms with Crippen molar-refractivity contribution in [2.45, 2.75) is 19.8 Å². The number of carbonyl (C=O) groups excluding carboxylic acids is 1. The van der Waals surface area contributed by atoms with Crippen LogP contribution in [-0.2, 0) is 11.3 Å². The van der Waals surface area contributed by atoms with E-state index < -0.39 is 0 Å². The number of furan rings is 1. The Kier molecular flexibility index (Phi) is 4.75. The topological polar surface area (TPSA) is 51.5 Å². The fourth-order valence-corrected chi connectivity index (χ4v) is 1.77. The zero-order valence-electron chi connectivity index (χ0n) is 10.9. The van der Waals surface area contributed by atoms with Crippen LogP contribution in [0.3, 0.4) is 0 Å². The van der Waals surface area contributed by atoms with Crippen LogP contribution >= 0.6 is 0 Å². The molecule has 1 amide bonds. The molecule has 4 heteroatoms. The van der Waals surface area contributed by atoms with E-state index >= 15 is 0 Å². The number of hydroxylamine groups is 1. The zero-order valence-corrected chi connectivity index (χ0v) is 10.9. The lowest BCUT2D eigenvalue weighted by Crippen LogP contribution is -2.25. The van der Waals surface area contributed by atoms with Gasteiger partial charge < -0.3 is 4.42 Å². The minimum absolute atomic E-state index is 0.212. The molecule has 0 aliphatic rings. The predicted molar refractivity (Wildman–Crippen MR) is 71.6 cm³/mol. The Morgan fingerprint density at radius 1 is 1.26 bits per heavy atom. The summed E-state index contributed by atoms with van der Waals surface area (Å²) >= 11 is 0. The molecule has 0 fully saturated rings. The first-order chi connectivity index (χ1) is 9.27. The van der Waals surface area contributed by atoms with Crippen molar-refractivity contribution >= 4 is 5.91 Å². The van der Waals surface area contributed by atoms with E-state index in [1.807, 2.05) is 37.3 Å². The maximum absolute atomic E-state index is 11.8. The van der Waals surface area contributed by atoms with E-state index in [1.165, 1.54) is 0 Å². The number of amides is 1. The predicted octanol–water partition coefficient (Wildman–Crippen LogP) is 2.88. The standard InChI is InChI=1S/C15H17NO3/c1-12-6-2-3-9-14(12)15(17)16-19-11-5-8-13-7-4-10-18-13/h2-4,6-7,9-10H,5,8,11H2,1H3,(H,16,17). The molecule has 4 nitrogen and oxygen atoms in total. The molecule has 0 radical (unpaired) electrons. The Balaban J connectivity index is 1.68. The number of hydrogen-bond donors (Lipinski definition) is 1. The molecule has 1 aromatic heterocycles. The largest absolute Gasteiger partial charge is 0.469 e. The molecule has 0 saturated heterocycles. The molecule has 0 bridgehead atoms. The average molecular weight is 259 g/mol. The van der Waals surface area contributed by atoms with E-state index in [-0.39, 0.29) is 5.91 Å². The van der Waals surface area contributed by atoms with Gasteiger partial charge in [-0.15, -0.1) is 0 Å². The summed E-state index contributed by atoms with van der Waals surface area (Å²) in [5.74, 6) is 0.713. The van der Waals surface area contributed by atoms with Gasteiger partial charge in [0.2, 0.25) is 0 Å². The number of rotatable bonds is 6. The lowest BCUT2D eigenvalue weighted by atomic mass is 10.1. The lowest BCUT2D eigenvalue weighted by molar-refractivity contribution is 0.0301. The Morgan fingerprint density at radius 3 is 2.84 bits per heavy atom. The molecule has 1 heterocycles. The summed E-state index contributed by atoms with van der Waals surface area (Å²) in [5.41, 5.74) is 4.01. The summed E-state index contributed by atoms with van der Waals surface area (Å²) in [6, 6.07) is 11.2. The van der Waals surface area contributed by atoms with E-state index in [0.29, 0.717) is 12.2 Å².